The highest BCUT2D eigenvalue weighted by Gasteiger charge is 2.24. The first-order chi connectivity index (χ1) is 8.47. The van der Waals surface area contributed by atoms with Crippen LogP contribution in [-0.2, 0) is 21.2 Å². The van der Waals surface area contributed by atoms with Crippen molar-refractivity contribution in [1.82, 2.24) is 4.72 Å². The maximum absolute atomic E-state index is 12.0. The number of nitrogens with one attached hydrogen (secondary N) is 1. The predicted molar refractivity (Wildman–Crippen MR) is 71.7 cm³/mol. The van der Waals surface area contributed by atoms with Gasteiger partial charge < -0.3 is 5.11 Å². The molecule has 18 heavy (non-hydrogen) atoms. The van der Waals surface area contributed by atoms with Gasteiger partial charge in [0.25, 0.3) is 0 Å². The van der Waals surface area contributed by atoms with Gasteiger partial charge in [-0.15, -0.1) is 11.3 Å². The third kappa shape index (κ3) is 3.47. The standard InChI is InChI=1S/C10H13NO4S3/c12-9(13)5-8-1-2-10(17-8)18(14,15)11-7-3-4-16-6-7/h1-2,7,11H,3-6H2,(H,12,13). The fourth-order valence-electron chi connectivity index (χ4n) is 1.65. The van der Waals surface area contributed by atoms with Crippen LogP contribution in [0.2, 0.25) is 0 Å². The second kappa shape index (κ2) is 5.60. The third-order valence-corrected chi connectivity index (χ3v) is 6.74. The normalized spacial score (nSPS) is 20.1. The zero-order valence-electron chi connectivity index (χ0n) is 9.46. The zero-order valence-corrected chi connectivity index (χ0v) is 11.9. The van der Waals surface area contributed by atoms with Gasteiger partial charge in [0.1, 0.15) is 4.21 Å². The lowest BCUT2D eigenvalue weighted by atomic mass is 10.3. The van der Waals surface area contributed by atoms with E-state index in [0.717, 1.165) is 29.3 Å². The minimum atomic E-state index is -3.50. The average molecular weight is 307 g/mol. The van der Waals surface area contributed by atoms with Crippen LogP contribution < -0.4 is 4.72 Å². The number of thioether (sulfide) groups is 1. The molecule has 0 bridgehead atoms. The van der Waals surface area contributed by atoms with E-state index in [1.807, 2.05) is 0 Å². The van der Waals surface area contributed by atoms with E-state index in [1.54, 1.807) is 17.8 Å². The first-order valence-corrected chi connectivity index (χ1v) is 8.83. The van der Waals surface area contributed by atoms with Crippen molar-refractivity contribution in [3.05, 3.63) is 17.0 Å². The molecule has 0 saturated carbocycles. The molecular weight excluding hydrogens is 294 g/mol. The van der Waals surface area contributed by atoms with Crippen LogP contribution in [0.3, 0.4) is 0 Å². The molecule has 2 heterocycles. The second-order valence-corrected chi connectivity index (χ2v) is 8.23. The first-order valence-electron chi connectivity index (χ1n) is 5.38. The van der Waals surface area contributed by atoms with Gasteiger partial charge in [0.2, 0.25) is 10.0 Å². The van der Waals surface area contributed by atoms with Crippen LogP contribution in [0.5, 0.6) is 0 Å². The van der Waals surface area contributed by atoms with E-state index in [9.17, 15) is 13.2 Å². The van der Waals surface area contributed by atoms with E-state index in [1.165, 1.54) is 6.07 Å². The van der Waals surface area contributed by atoms with E-state index in [4.69, 9.17) is 5.11 Å². The van der Waals surface area contributed by atoms with E-state index in [-0.39, 0.29) is 16.7 Å². The topological polar surface area (TPSA) is 83.5 Å². The summed E-state index contributed by atoms with van der Waals surface area (Å²) in [6.45, 7) is 0. The fourth-order valence-corrected chi connectivity index (χ4v) is 5.54. The van der Waals surface area contributed by atoms with Gasteiger partial charge in [-0.05, 0) is 24.3 Å². The van der Waals surface area contributed by atoms with Gasteiger partial charge in [-0.3, -0.25) is 4.79 Å². The van der Waals surface area contributed by atoms with Gasteiger partial charge in [0.15, 0.2) is 0 Å². The Hall–Kier alpha value is -0.570. The van der Waals surface area contributed by atoms with Gasteiger partial charge >= 0.3 is 5.97 Å². The molecule has 0 radical (unpaired) electrons. The first kappa shape index (κ1) is 13.9. The Morgan fingerprint density at radius 3 is 2.89 bits per heavy atom. The Bertz CT molecular complexity index is 531. The number of hydrogen-bond acceptors (Lipinski definition) is 5. The molecule has 1 fully saturated rings. The molecule has 5 nitrogen and oxygen atoms in total. The fraction of sp³-hybridized carbons (Fsp3) is 0.500. The number of rotatable bonds is 5. The van der Waals surface area contributed by atoms with Crippen molar-refractivity contribution in [2.75, 3.05) is 11.5 Å². The zero-order chi connectivity index (χ0) is 13.2. The summed E-state index contributed by atoms with van der Waals surface area (Å²) < 4.78 is 26.9. The summed E-state index contributed by atoms with van der Waals surface area (Å²) in [6, 6.07) is 3.01. The largest absolute Gasteiger partial charge is 0.481 e. The van der Waals surface area contributed by atoms with Crippen LogP contribution in [0.4, 0.5) is 0 Å². The number of aliphatic carboxylic acids is 1. The minimum absolute atomic E-state index is 0.00924. The quantitative estimate of drug-likeness (QED) is 0.853. The smallest absolute Gasteiger partial charge is 0.308 e. The molecule has 1 atom stereocenters. The van der Waals surface area contributed by atoms with E-state index >= 15 is 0 Å². The number of carboxylic acids is 1. The van der Waals surface area contributed by atoms with Crippen molar-refractivity contribution < 1.29 is 18.3 Å². The van der Waals surface area contributed by atoms with Crippen LogP contribution in [0.25, 0.3) is 0 Å². The van der Waals surface area contributed by atoms with Gasteiger partial charge in [-0.1, -0.05) is 0 Å². The Morgan fingerprint density at radius 2 is 2.28 bits per heavy atom. The molecule has 1 aliphatic rings. The maximum Gasteiger partial charge on any atom is 0.308 e. The Balaban J connectivity index is 2.09. The van der Waals surface area contributed by atoms with Crippen LogP contribution in [-0.4, -0.2) is 37.0 Å². The molecule has 1 unspecified atom stereocenters. The highest BCUT2D eigenvalue weighted by molar-refractivity contribution is 7.99. The third-order valence-electron chi connectivity index (χ3n) is 2.48. The summed E-state index contributed by atoms with van der Waals surface area (Å²) in [7, 11) is -3.50. The predicted octanol–water partition coefficient (Wildman–Crippen LogP) is 1.16. The molecule has 0 spiro atoms. The summed E-state index contributed by atoms with van der Waals surface area (Å²) in [6.07, 6.45) is 0.705. The molecule has 1 aromatic heterocycles. The van der Waals surface area contributed by atoms with Crippen molar-refractivity contribution >= 4 is 39.1 Å². The lowest BCUT2D eigenvalue weighted by Crippen LogP contribution is -2.34. The van der Waals surface area contributed by atoms with Gasteiger partial charge in [0, 0.05) is 16.7 Å². The summed E-state index contributed by atoms with van der Waals surface area (Å²) in [4.78, 5) is 11.1. The van der Waals surface area contributed by atoms with Gasteiger partial charge in [-0.25, -0.2) is 13.1 Å². The number of sulfonamides is 1. The second-order valence-electron chi connectivity index (χ2n) is 3.97. The van der Waals surface area contributed by atoms with Gasteiger partial charge in [0.05, 0.1) is 6.42 Å². The Labute approximate surface area is 114 Å². The molecule has 100 valence electrons. The van der Waals surface area contributed by atoms with Crippen molar-refractivity contribution in [2.45, 2.75) is 23.1 Å². The summed E-state index contributed by atoms with van der Waals surface area (Å²) in [5, 5.41) is 8.65. The van der Waals surface area contributed by atoms with Gasteiger partial charge in [-0.2, -0.15) is 11.8 Å². The summed E-state index contributed by atoms with van der Waals surface area (Å²) in [5.41, 5.74) is 0. The highest BCUT2D eigenvalue weighted by Crippen LogP contribution is 2.24. The van der Waals surface area contributed by atoms with Crippen molar-refractivity contribution in [2.24, 2.45) is 0 Å². The molecule has 0 amide bonds. The van der Waals surface area contributed by atoms with E-state index in [2.05, 4.69) is 4.72 Å². The van der Waals surface area contributed by atoms with Crippen LogP contribution >= 0.6 is 23.1 Å². The van der Waals surface area contributed by atoms with Crippen LogP contribution in [0.1, 0.15) is 11.3 Å². The molecule has 8 heteroatoms. The van der Waals surface area contributed by atoms with Crippen molar-refractivity contribution in [1.29, 1.82) is 0 Å². The van der Waals surface area contributed by atoms with E-state index < -0.39 is 16.0 Å². The summed E-state index contributed by atoms with van der Waals surface area (Å²) in [5.74, 6) is 0.815. The average Bonchev–Trinajstić information content (AvgIpc) is 2.87. The molecule has 1 aliphatic heterocycles. The van der Waals surface area contributed by atoms with Crippen LogP contribution in [0.15, 0.2) is 16.3 Å². The van der Waals surface area contributed by atoms with E-state index in [0.29, 0.717) is 4.88 Å². The molecular formula is C10H13NO4S3. The number of thiophene rings is 1. The number of carboxylic acid groups (broad SMARTS) is 1. The lowest BCUT2D eigenvalue weighted by Gasteiger charge is -2.10. The Kier molecular flexibility index (Phi) is 4.31. The van der Waals surface area contributed by atoms with Crippen LogP contribution in [0, 0.1) is 0 Å². The maximum atomic E-state index is 12.0. The lowest BCUT2D eigenvalue weighted by molar-refractivity contribution is -0.136. The molecule has 2 N–H and O–H groups in total. The molecule has 2 rings (SSSR count). The molecule has 1 aromatic rings. The molecule has 0 aliphatic carbocycles. The monoisotopic (exact) mass is 307 g/mol. The Morgan fingerprint density at radius 1 is 1.50 bits per heavy atom. The molecule has 1 saturated heterocycles. The summed E-state index contributed by atoms with van der Waals surface area (Å²) >= 11 is 2.74. The highest BCUT2D eigenvalue weighted by atomic mass is 32.2. The van der Waals surface area contributed by atoms with Crippen molar-refractivity contribution in [3.8, 4) is 0 Å². The number of hydrogen-bond donors (Lipinski definition) is 2. The van der Waals surface area contributed by atoms with Crippen molar-refractivity contribution in [3.63, 3.8) is 0 Å². The molecule has 0 aromatic carbocycles. The minimum Gasteiger partial charge on any atom is -0.481 e. The number of carbonyl (C=O) groups is 1. The SMILES string of the molecule is O=C(O)Cc1ccc(S(=O)(=O)NC2CCSC2)s1.